The van der Waals surface area contributed by atoms with Crippen LogP contribution in [0.4, 0.5) is 0 Å². The molecule has 130 valence electrons. The summed E-state index contributed by atoms with van der Waals surface area (Å²) in [4.78, 5) is 12.7. The number of oxazole rings is 1. The normalized spacial score (nSPS) is 10.8. The number of aromatic nitrogens is 4. The molecule has 0 aromatic carbocycles. The fourth-order valence-electron chi connectivity index (χ4n) is 2.38. The quantitative estimate of drug-likeness (QED) is 0.403. The molecule has 26 heavy (non-hydrogen) atoms. The molecule has 0 saturated carbocycles. The first-order valence-electron chi connectivity index (χ1n) is 7.79. The highest BCUT2D eigenvalue weighted by Gasteiger charge is 2.12. The minimum atomic E-state index is 0.0913. The molecule has 0 N–H and O–H groups in total. The zero-order valence-corrected chi connectivity index (χ0v) is 13.8. The maximum atomic E-state index is 11.9. The molecule has 0 aliphatic heterocycles. The number of pyridine rings is 3. The Morgan fingerprint density at radius 1 is 1.19 bits per heavy atom. The largest absolute Gasteiger partial charge is 0.618 e. The van der Waals surface area contributed by atoms with Gasteiger partial charge in [0.25, 0.3) is 0 Å². The van der Waals surface area contributed by atoms with Crippen LogP contribution in [0.25, 0.3) is 22.7 Å². The van der Waals surface area contributed by atoms with Crippen molar-refractivity contribution in [3.8, 4) is 23.0 Å². The molecule has 0 bridgehead atoms. The van der Waals surface area contributed by atoms with Gasteiger partial charge in [-0.3, -0.25) is 4.98 Å². The van der Waals surface area contributed by atoms with Crippen LogP contribution in [-0.2, 0) is 6.61 Å². The summed E-state index contributed by atoms with van der Waals surface area (Å²) in [7, 11) is 1.50. The molecular weight excluding hydrogens is 336 g/mol. The van der Waals surface area contributed by atoms with Crippen LogP contribution in [0.3, 0.4) is 0 Å². The maximum absolute atomic E-state index is 11.9. The number of hydrogen-bond donors (Lipinski definition) is 0. The minimum Gasteiger partial charge on any atom is -0.618 e. The molecule has 0 spiro atoms. The van der Waals surface area contributed by atoms with Gasteiger partial charge < -0.3 is 19.1 Å². The minimum absolute atomic E-state index is 0.0913. The standard InChI is InChI=1S/C18H14N4O4/c1-24-14-5-4-13(22(23)10-14)11-25-15-7-16-18(20-9-15)26-17(21-16)12-3-2-6-19-8-12/h2-10H,11H2,1H3. The summed E-state index contributed by atoms with van der Waals surface area (Å²) in [6.45, 7) is 0.0913. The van der Waals surface area contributed by atoms with E-state index in [9.17, 15) is 5.21 Å². The Balaban J connectivity index is 1.54. The second kappa shape index (κ2) is 6.67. The second-order valence-electron chi connectivity index (χ2n) is 5.43. The van der Waals surface area contributed by atoms with E-state index in [-0.39, 0.29) is 6.61 Å². The average Bonchev–Trinajstić information content (AvgIpc) is 3.11. The Morgan fingerprint density at radius 3 is 2.88 bits per heavy atom. The van der Waals surface area contributed by atoms with Crippen LogP contribution in [0, 0.1) is 5.21 Å². The van der Waals surface area contributed by atoms with Crippen molar-refractivity contribution in [2.24, 2.45) is 0 Å². The lowest BCUT2D eigenvalue weighted by molar-refractivity contribution is -0.616. The maximum Gasteiger partial charge on any atom is 0.247 e. The Hall–Kier alpha value is -3.68. The van der Waals surface area contributed by atoms with E-state index in [1.54, 1.807) is 36.7 Å². The van der Waals surface area contributed by atoms with Crippen LogP contribution in [0.1, 0.15) is 5.69 Å². The third-order valence-electron chi connectivity index (χ3n) is 3.72. The van der Waals surface area contributed by atoms with Crippen molar-refractivity contribution in [1.29, 1.82) is 0 Å². The summed E-state index contributed by atoms with van der Waals surface area (Å²) in [6, 6.07) is 8.72. The molecule has 4 rings (SSSR count). The van der Waals surface area contributed by atoms with Crippen molar-refractivity contribution in [3.63, 3.8) is 0 Å². The molecule has 8 heteroatoms. The van der Waals surface area contributed by atoms with Crippen molar-refractivity contribution in [2.45, 2.75) is 6.61 Å². The molecule has 4 aromatic rings. The van der Waals surface area contributed by atoms with Crippen LogP contribution in [0.15, 0.2) is 59.5 Å². The monoisotopic (exact) mass is 350 g/mol. The van der Waals surface area contributed by atoms with Gasteiger partial charge in [0.1, 0.15) is 11.3 Å². The van der Waals surface area contributed by atoms with Crippen LogP contribution in [0.5, 0.6) is 11.5 Å². The lowest BCUT2D eigenvalue weighted by Gasteiger charge is -2.07. The van der Waals surface area contributed by atoms with Crippen molar-refractivity contribution in [1.82, 2.24) is 15.0 Å². The lowest BCUT2D eigenvalue weighted by Crippen LogP contribution is -2.32. The van der Waals surface area contributed by atoms with Gasteiger partial charge in [-0.05, 0) is 18.2 Å². The van der Waals surface area contributed by atoms with Crippen molar-refractivity contribution in [2.75, 3.05) is 7.11 Å². The van der Waals surface area contributed by atoms with Gasteiger partial charge in [-0.15, -0.1) is 0 Å². The molecule has 4 aromatic heterocycles. The first kappa shape index (κ1) is 15.8. The molecule has 0 unspecified atom stereocenters. The number of rotatable bonds is 5. The smallest absolute Gasteiger partial charge is 0.247 e. The fourth-order valence-corrected chi connectivity index (χ4v) is 2.38. The van der Waals surface area contributed by atoms with Gasteiger partial charge in [0.2, 0.25) is 23.5 Å². The van der Waals surface area contributed by atoms with E-state index in [2.05, 4.69) is 15.0 Å². The summed E-state index contributed by atoms with van der Waals surface area (Å²) in [5.41, 5.74) is 2.17. The molecule has 0 aliphatic carbocycles. The molecule has 0 amide bonds. The Bertz CT molecular complexity index is 1050. The Kier molecular flexibility index (Phi) is 4.06. The predicted octanol–water partition coefficient (Wildman–Crippen LogP) is 2.51. The lowest BCUT2D eigenvalue weighted by atomic mass is 10.3. The third-order valence-corrected chi connectivity index (χ3v) is 3.72. The average molecular weight is 350 g/mol. The number of ether oxygens (including phenoxy) is 2. The zero-order chi connectivity index (χ0) is 17.9. The second-order valence-corrected chi connectivity index (χ2v) is 5.43. The van der Waals surface area contributed by atoms with Crippen molar-refractivity contribution in [3.05, 3.63) is 66.0 Å². The zero-order valence-electron chi connectivity index (χ0n) is 13.8. The SMILES string of the molecule is COc1ccc(COc2cnc3oc(-c4cccnc4)nc3c2)[n+]([O-])c1. The number of hydrogen-bond acceptors (Lipinski definition) is 7. The highest BCUT2D eigenvalue weighted by Crippen LogP contribution is 2.25. The highest BCUT2D eigenvalue weighted by molar-refractivity contribution is 5.73. The summed E-state index contributed by atoms with van der Waals surface area (Å²) in [5, 5.41) is 11.9. The van der Waals surface area contributed by atoms with E-state index in [1.807, 2.05) is 6.07 Å². The van der Waals surface area contributed by atoms with E-state index in [0.29, 0.717) is 39.0 Å². The van der Waals surface area contributed by atoms with Crippen LogP contribution in [-0.4, -0.2) is 22.1 Å². The van der Waals surface area contributed by atoms with Crippen LogP contribution in [0.2, 0.25) is 0 Å². The summed E-state index contributed by atoms with van der Waals surface area (Å²) < 4.78 is 17.0. The van der Waals surface area contributed by atoms with E-state index >= 15 is 0 Å². The Morgan fingerprint density at radius 2 is 2.12 bits per heavy atom. The van der Waals surface area contributed by atoms with E-state index in [0.717, 1.165) is 5.56 Å². The van der Waals surface area contributed by atoms with Gasteiger partial charge in [0, 0.05) is 24.5 Å². The van der Waals surface area contributed by atoms with E-state index in [1.165, 1.54) is 19.5 Å². The van der Waals surface area contributed by atoms with Gasteiger partial charge in [-0.2, -0.15) is 4.73 Å². The van der Waals surface area contributed by atoms with E-state index in [4.69, 9.17) is 13.9 Å². The third kappa shape index (κ3) is 3.12. The molecule has 0 atom stereocenters. The first-order valence-corrected chi connectivity index (χ1v) is 7.79. The number of fused-ring (bicyclic) bond motifs is 1. The van der Waals surface area contributed by atoms with Gasteiger partial charge >= 0.3 is 0 Å². The molecular formula is C18H14N4O4. The van der Waals surface area contributed by atoms with Gasteiger partial charge in [0.15, 0.2) is 12.4 Å². The molecule has 4 heterocycles. The molecule has 0 saturated heterocycles. The summed E-state index contributed by atoms with van der Waals surface area (Å²) in [6.07, 6.45) is 6.22. The first-order chi connectivity index (χ1) is 12.7. The molecule has 0 fully saturated rings. The van der Waals surface area contributed by atoms with Crippen LogP contribution >= 0.6 is 0 Å². The fraction of sp³-hybridized carbons (Fsp3) is 0.111. The summed E-state index contributed by atoms with van der Waals surface area (Å²) >= 11 is 0. The molecule has 0 aliphatic rings. The topological polar surface area (TPSA) is 97.2 Å². The summed E-state index contributed by atoms with van der Waals surface area (Å²) in [5.74, 6) is 1.40. The van der Waals surface area contributed by atoms with E-state index < -0.39 is 0 Å². The van der Waals surface area contributed by atoms with Gasteiger partial charge in [-0.1, -0.05) is 0 Å². The van der Waals surface area contributed by atoms with Gasteiger partial charge in [-0.25, -0.2) is 9.97 Å². The highest BCUT2D eigenvalue weighted by atomic mass is 16.5. The van der Waals surface area contributed by atoms with Crippen molar-refractivity contribution < 1.29 is 18.6 Å². The van der Waals surface area contributed by atoms with Crippen molar-refractivity contribution >= 4 is 11.2 Å². The Labute approximate surface area is 148 Å². The molecule has 0 radical (unpaired) electrons. The molecule has 8 nitrogen and oxygen atoms in total. The van der Waals surface area contributed by atoms with Crippen LogP contribution < -0.4 is 14.2 Å². The van der Waals surface area contributed by atoms with Gasteiger partial charge in [0.05, 0.1) is 18.9 Å². The number of methoxy groups -OCH3 is 1. The predicted molar refractivity (Wildman–Crippen MR) is 91.3 cm³/mol. The number of nitrogens with zero attached hydrogens (tertiary/aromatic N) is 4.